The summed E-state index contributed by atoms with van der Waals surface area (Å²) in [7, 11) is 0. The Morgan fingerprint density at radius 2 is 2.23 bits per heavy atom. The van der Waals surface area contributed by atoms with Gasteiger partial charge in [-0.2, -0.15) is 5.10 Å². The van der Waals surface area contributed by atoms with Crippen molar-refractivity contribution < 1.29 is 4.79 Å². The van der Waals surface area contributed by atoms with E-state index in [1.54, 1.807) is 0 Å². The van der Waals surface area contributed by atoms with E-state index in [9.17, 15) is 4.79 Å². The number of amides is 1. The number of anilines is 1. The summed E-state index contributed by atoms with van der Waals surface area (Å²) in [6, 6.07) is 7.95. The van der Waals surface area contributed by atoms with Gasteiger partial charge in [-0.25, -0.2) is 0 Å². The second-order valence-electron chi connectivity index (χ2n) is 5.83. The number of hydrogen-bond acceptors (Lipinski definition) is 3. The Labute approximate surface area is 130 Å². The summed E-state index contributed by atoms with van der Waals surface area (Å²) >= 11 is 0. The molecule has 116 valence electrons. The first kappa shape index (κ1) is 14.8. The van der Waals surface area contributed by atoms with Crippen molar-refractivity contribution in [2.75, 3.05) is 18.0 Å². The molecule has 0 fully saturated rings. The molecule has 22 heavy (non-hydrogen) atoms. The lowest BCUT2D eigenvalue weighted by Gasteiger charge is -2.22. The second-order valence-corrected chi connectivity index (χ2v) is 5.83. The highest BCUT2D eigenvalue weighted by Gasteiger charge is 2.27. The average molecular weight is 298 g/mol. The Hall–Kier alpha value is -2.14. The molecule has 1 N–H and O–H groups in total. The standard InChI is InChI=1S/C17H22N4O/c1-13-11-19-20(12-13)10-8-18-14(2)17(22)21-9-7-15-5-3-4-6-16(15)21/h3-6,11-12,14,18H,7-10H2,1-2H3/t14-/m0/s1. The Kier molecular flexibility index (Phi) is 4.24. The number of rotatable bonds is 5. The molecule has 1 aliphatic heterocycles. The van der Waals surface area contributed by atoms with Crippen LogP contribution >= 0.6 is 0 Å². The fourth-order valence-electron chi connectivity index (χ4n) is 2.87. The van der Waals surface area contributed by atoms with Crippen LogP contribution in [-0.4, -0.2) is 34.8 Å². The highest BCUT2D eigenvalue weighted by molar-refractivity contribution is 5.98. The van der Waals surface area contributed by atoms with E-state index in [0.717, 1.165) is 37.3 Å². The monoisotopic (exact) mass is 298 g/mol. The fraction of sp³-hybridized carbons (Fsp3) is 0.412. The second kappa shape index (κ2) is 6.32. The van der Waals surface area contributed by atoms with Gasteiger partial charge in [-0.3, -0.25) is 9.48 Å². The zero-order valence-electron chi connectivity index (χ0n) is 13.1. The first-order valence-electron chi connectivity index (χ1n) is 7.77. The van der Waals surface area contributed by atoms with Crippen LogP contribution in [0.4, 0.5) is 5.69 Å². The lowest BCUT2D eigenvalue weighted by molar-refractivity contribution is -0.120. The number of benzene rings is 1. The maximum Gasteiger partial charge on any atom is 0.243 e. The van der Waals surface area contributed by atoms with Crippen LogP contribution in [0.2, 0.25) is 0 Å². The first-order valence-corrected chi connectivity index (χ1v) is 7.77. The minimum atomic E-state index is -0.192. The van der Waals surface area contributed by atoms with Gasteiger partial charge in [0.25, 0.3) is 0 Å². The highest BCUT2D eigenvalue weighted by atomic mass is 16.2. The molecular weight excluding hydrogens is 276 g/mol. The van der Waals surface area contributed by atoms with Crippen molar-refractivity contribution in [2.45, 2.75) is 32.9 Å². The third kappa shape index (κ3) is 3.04. The van der Waals surface area contributed by atoms with Gasteiger partial charge in [0.15, 0.2) is 0 Å². The number of carbonyl (C=O) groups is 1. The SMILES string of the molecule is Cc1cnn(CCN[C@@H](C)C(=O)N2CCc3ccccc32)c1. The molecule has 0 saturated carbocycles. The number of aryl methyl sites for hydroxylation is 1. The van der Waals surface area contributed by atoms with Gasteiger partial charge in [0.2, 0.25) is 5.91 Å². The number of nitrogens with zero attached hydrogens (tertiary/aromatic N) is 3. The average Bonchev–Trinajstić information content (AvgIpc) is 3.12. The number of aromatic nitrogens is 2. The molecule has 1 aromatic carbocycles. The smallest absolute Gasteiger partial charge is 0.243 e. The molecule has 1 atom stereocenters. The molecule has 2 heterocycles. The first-order chi connectivity index (χ1) is 10.6. The maximum atomic E-state index is 12.6. The molecule has 0 unspecified atom stereocenters. The van der Waals surface area contributed by atoms with Crippen LogP contribution in [0.25, 0.3) is 0 Å². The largest absolute Gasteiger partial charge is 0.310 e. The fourth-order valence-corrected chi connectivity index (χ4v) is 2.87. The van der Waals surface area contributed by atoms with Crippen LogP contribution in [-0.2, 0) is 17.8 Å². The Morgan fingerprint density at radius 3 is 3.00 bits per heavy atom. The number of hydrogen-bond donors (Lipinski definition) is 1. The Bertz CT molecular complexity index is 664. The van der Waals surface area contributed by atoms with Crippen LogP contribution < -0.4 is 10.2 Å². The van der Waals surface area contributed by atoms with Crippen molar-refractivity contribution >= 4 is 11.6 Å². The van der Waals surface area contributed by atoms with E-state index < -0.39 is 0 Å². The lowest BCUT2D eigenvalue weighted by atomic mass is 10.2. The molecule has 5 heteroatoms. The molecule has 0 bridgehead atoms. The van der Waals surface area contributed by atoms with E-state index in [-0.39, 0.29) is 11.9 Å². The van der Waals surface area contributed by atoms with Crippen molar-refractivity contribution in [1.82, 2.24) is 15.1 Å². The summed E-state index contributed by atoms with van der Waals surface area (Å²) in [6.45, 7) is 6.22. The van der Waals surface area contributed by atoms with E-state index in [0.29, 0.717) is 0 Å². The number of carbonyl (C=O) groups excluding carboxylic acids is 1. The maximum absolute atomic E-state index is 12.6. The topological polar surface area (TPSA) is 50.2 Å². The van der Waals surface area contributed by atoms with Crippen molar-refractivity contribution in [2.24, 2.45) is 0 Å². The van der Waals surface area contributed by atoms with Crippen LogP contribution in [0.3, 0.4) is 0 Å². The molecule has 0 radical (unpaired) electrons. The molecular formula is C17H22N4O. The lowest BCUT2D eigenvalue weighted by Crippen LogP contribution is -2.45. The number of para-hydroxylation sites is 1. The van der Waals surface area contributed by atoms with E-state index in [1.165, 1.54) is 5.56 Å². The quantitative estimate of drug-likeness (QED) is 0.915. The van der Waals surface area contributed by atoms with Gasteiger partial charge >= 0.3 is 0 Å². The van der Waals surface area contributed by atoms with Crippen molar-refractivity contribution in [3.05, 3.63) is 47.8 Å². The Morgan fingerprint density at radius 1 is 1.41 bits per heavy atom. The van der Waals surface area contributed by atoms with Gasteiger partial charge in [0.05, 0.1) is 18.8 Å². The van der Waals surface area contributed by atoms with Crippen molar-refractivity contribution in [3.8, 4) is 0 Å². The zero-order chi connectivity index (χ0) is 15.5. The van der Waals surface area contributed by atoms with Gasteiger partial charge < -0.3 is 10.2 Å². The molecule has 3 rings (SSSR count). The van der Waals surface area contributed by atoms with E-state index >= 15 is 0 Å². The molecule has 5 nitrogen and oxygen atoms in total. The highest BCUT2D eigenvalue weighted by Crippen LogP contribution is 2.27. The number of fused-ring (bicyclic) bond motifs is 1. The molecule has 0 aliphatic carbocycles. The van der Waals surface area contributed by atoms with Gasteiger partial charge in [-0.05, 0) is 37.5 Å². The van der Waals surface area contributed by atoms with E-state index in [1.807, 2.05) is 54.0 Å². The molecule has 0 saturated heterocycles. The third-order valence-electron chi connectivity index (χ3n) is 4.08. The molecule has 1 aromatic heterocycles. The summed E-state index contributed by atoms with van der Waals surface area (Å²) in [4.78, 5) is 14.5. The predicted molar refractivity (Wildman–Crippen MR) is 86.9 cm³/mol. The van der Waals surface area contributed by atoms with Crippen molar-refractivity contribution in [1.29, 1.82) is 0 Å². The summed E-state index contributed by atoms with van der Waals surface area (Å²) in [5, 5.41) is 7.54. The van der Waals surface area contributed by atoms with Crippen LogP contribution in [0, 0.1) is 6.92 Å². The van der Waals surface area contributed by atoms with Crippen LogP contribution in [0.15, 0.2) is 36.7 Å². The molecule has 1 amide bonds. The number of nitrogens with one attached hydrogen (secondary N) is 1. The summed E-state index contributed by atoms with van der Waals surface area (Å²) in [5.41, 5.74) is 3.47. The molecule has 1 aliphatic rings. The normalized spacial score (nSPS) is 14.9. The van der Waals surface area contributed by atoms with Gasteiger partial charge in [-0.1, -0.05) is 18.2 Å². The zero-order valence-corrected chi connectivity index (χ0v) is 13.1. The van der Waals surface area contributed by atoms with E-state index in [2.05, 4.69) is 16.5 Å². The summed E-state index contributed by atoms with van der Waals surface area (Å²) in [5.74, 6) is 0.140. The minimum Gasteiger partial charge on any atom is -0.310 e. The summed E-state index contributed by atoms with van der Waals surface area (Å²) in [6.07, 6.45) is 4.79. The predicted octanol–water partition coefficient (Wildman–Crippen LogP) is 1.76. The molecule has 0 spiro atoms. The van der Waals surface area contributed by atoms with Gasteiger partial charge in [-0.15, -0.1) is 0 Å². The van der Waals surface area contributed by atoms with E-state index in [4.69, 9.17) is 0 Å². The third-order valence-corrected chi connectivity index (χ3v) is 4.08. The van der Waals surface area contributed by atoms with Crippen LogP contribution in [0.5, 0.6) is 0 Å². The van der Waals surface area contributed by atoms with Crippen LogP contribution in [0.1, 0.15) is 18.1 Å². The van der Waals surface area contributed by atoms with Gasteiger partial charge in [0, 0.05) is 25.0 Å². The van der Waals surface area contributed by atoms with Gasteiger partial charge in [0.1, 0.15) is 0 Å². The summed E-state index contributed by atoms with van der Waals surface area (Å²) < 4.78 is 1.89. The Balaban J connectivity index is 1.54. The minimum absolute atomic E-state index is 0.140. The molecule has 2 aromatic rings. The van der Waals surface area contributed by atoms with Crippen molar-refractivity contribution in [3.63, 3.8) is 0 Å².